The van der Waals surface area contributed by atoms with Gasteiger partial charge >= 0.3 is 0 Å². The van der Waals surface area contributed by atoms with Crippen LogP contribution in [0.4, 0.5) is 0 Å². The summed E-state index contributed by atoms with van der Waals surface area (Å²) in [6.07, 6.45) is 2.85. The molecule has 2 rings (SSSR count). The van der Waals surface area contributed by atoms with Gasteiger partial charge < -0.3 is 20.5 Å². The van der Waals surface area contributed by atoms with Crippen LogP contribution in [0.15, 0.2) is 18.2 Å². The van der Waals surface area contributed by atoms with Crippen molar-refractivity contribution in [3.63, 3.8) is 0 Å². The van der Waals surface area contributed by atoms with E-state index in [1.54, 1.807) is 14.2 Å². The van der Waals surface area contributed by atoms with Gasteiger partial charge in [-0.25, -0.2) is 0 Å². The summed E-state index contributed by atoms with van der Waals surface area (Å²) in [5.41, 5.74) is 6.87. The summed E-state index contributed by atoms with van der Waals surface area (Å²) in [6.45, 7) is 0.440. The van der Waals surface area contributed by atoms with Crippen molar-refractivity contribution in [1.82, 2.24) is 5.32 Å². The Bertz CT molecular complexity index is 476. The van der Waals surface area contributed by atoms with Crippen LogP contribution in [0.5, 0.6) is 11.5 Å². The minimum absolute atomic E-state index is 0.00670. The number of methoxy groups -OCH3 is 2. The van der Waals surface area contributed by atoms with Gasteiger partial charge in [-0.3, -0.25) is 4.79 Å². The van der Waals surface area contributed by atoms with Crippen LogP contribution >= 0.6 is 0 Å². The quantitative estimate of drug-likeness (QED) is 0.855. The van der Waals surface area contributed by atoms with Crippen LogP contribution < -0.4 is 20.5 Å². The van der Waals surface area contributed by atoms with Crippen molar-refractivity contribution in [1.29, 1.82) is 0 Å². The molecule has 110 valence electrons. The van der Waals surface area contributed by atoms with Crippen LogP contribution in [0.25, 0.3) is 0 Å². The van der Waals surface area contributed by atoms with Gasteiger partial charge in [0.15, 0.2) is 0 Å². The van der Waals surface area contributed by atoms with Crippen molar-refractivity contribution in [2.45, 2.75) is 31.8 Å². The molecule has 5 nitrogen and oxygen atoms in total. The van der Waals surface area contributed by atoms with E-state index in [1.165, 1.54) is 0 Å². The lowest BCUT2D eigenvalue weighted by molar-refractivity contribution is -0.125. The highest BCUT2D eigenvalue weighted by molar-refractivity contribution is 5.79. The highest BCUT2D eigenvalue weighted by atomic mass is 16.5. The topological polar surface area (TPSA) is 73.6 Å². The third kappa shape index (κ3) is 3.22. The first-order valence-electron chi connectivity index (χ1n) is 6.90. The molecule has 0 saturated heterocycles. The predicted molar refractivity (Wildman–Crippen MR) is 76.7 cm³/mol. The van der Waals surface area contributed by atoms with Crippen molar-refractivity contribution >= 4 is 5.91 Å². The zero-order valence-corrected chi connectivity index (χ0v) is 12.0. The van der Waals surface area contributed by atoms with Gasteiger partial charge in [0.1, 0.15) is 11.5 Å². The Labute approximate surface area is 119 Å². The Morgan fingerprint density at radius 2 is 2.15 bits per heavy atom. The second kappa shape index (κ2) is 6.61. The lowest BCUT2D eigenvalue weighted by Crippen LogP contribution is -2.38. The highest BCUT2D eigenvalue weighted by Crippen LogP contribution is 2.26. The van der Waals surface area contributed by atoms with Gasteiger partial charge in [-0.2, -0.15) is 0 Å². The molecule has 1 aromatic rings. The van der Waals surface area contributed by atoms with Crippen molar-refractivity contribution in [3.8, 4) is 11.5 Å². The molecular weight excluding hydrogens is 256 g/mol. The summed E-state index contributed by atoms with van der Waals surface area (Å²) >= 11 is 0. The molecule has 20 heavy (non-hydrogen) atoms. The fourth-order valence-corrected chi connectivity index (χ4v) is 2.63. The van der Waals surface area contributed by atoms with Gasteiger partial charge in [-0.05, 0) is 25.0 Å². The molecule has 0 heterocycles. The molecule has 1 amide bonds. The number of benzene rings is 1. The molecule has 0 bridgehead atoms. The number of nitrogens with one attached hydrogen (secondary N) is 1. The van der Waals surface area contributed by atoms with Crippen LogP contribution in [0, 0.1) is 5.92 Å². The van der Waals surface area contributed by atoms with E-state index < -0.39 is 0 Å². The molecule has 1 aliphatic rings. The van der Waals surface area contributed by atoms with E-state index in [0.29, 0.717) is 12.3 Å². The molecule has 5 heteroatoms. The van der Waals surface area contributed by atoms with E-state index in [2.05, 4.69) is 5.32 Å². The third-order valence-electron chi connectivity index (χ3n) is 3.85. The summed E-state index contributed by atoms with van der Waals surface area (Å²) in [5, 5.41) is 2.94. The first-order chi connectivity index (χ1) is 9.65. The molecule has 0 radical (unpaired) electrons. The number of nitrogens with two attached hydrogens (primary N) is 1. The molecule has 1 aliphatic carbocycles. The van der Waals surface area contributed by atoms with Crippen molar-refractivity contribution in [2.24, 2.45) is 11.7 Å². The third-order valence-corrected chi connectivity index (χ3v) is 3.85. The van der Waals surface area contributed by atoms with Gasteiger partial charge in [0, 0.05) is 24.2 Å². The average Bonchev–Trinajstić information content (AvgIpc) is 2.90. The zero-order chi connectivity index (χ0) is 14.5. The van der Waals surface area contributed by atoms with Gasteiger partial charge in [-0.1, -0.05) is 6.42 Å². The largest absolute Gasteiger partial charge is 0.497 e. The predicted octanol–water partition coefficient (Wildman–Crippen LogP) is 1.45. The van der Waals surface area contributed by atoms with Gasteiger partial charge in [-0.15, -0.1) is 0 Å². The van der Waals surface area contributed by atoms with E-state index in [9.17, 15) is 4.79 Å². The second-order valence-corrected chi connectivity index (χ2v) is 5.10. The van der Waals surface area contributed by atoms with Crippen LogP contribution in [0.1, 0.15) is 24.8 Å². The maximum absolute atomic E-state index is 12.1. The summed E-state index contributed by atoms with van der Waals surface area (Å²) in [4.78, 5) is 12.1. The van der Waals surface area contributed by atoms with Crippen LogP contribution in [0.2, 0.25) is 0 Å². The zero-order valence-electron chi connectivity index (χ0n) is 12.0. The van der Waals surface area contributed by atoms with Crippen molar-refractivity contribution in [3.05, 3.63) is 23.8 Å². The highest BCUT2D eigenvalue weighted by Gasteiger charge is 2.29. The maximum Gasteiger partial charge on any atom is 0.224 e. The first kappa shape index (κ1) is 14.7. The lowest BCUT2D eigenvalue weighted by Gasteiger charge is -2.16. The van der Waals surface area contributed by atoms with E-state index in [4.69, 9.17) is 15.2 Å². The molecule has 0 aliphatic heterocycles. The summed E-state index contributed by atoms with van der Waals surface area (Å²) in [6, 6.07) is 5.55. The van der Waals surface area contributed by atoms with E-state index in [0.717, 1.165) is 30.6 Å². The SMILES string of the molecule is COc1ccc(CNC(=O)C2CCCC2N)c(OC)c1. The Balaban J connectivity index is 1.98. The lowest BCUT2D eigenvalue weighted by atomic mass is 10.0. The van der Waals surface area contributed by atoms with Crippen molar-refractivity contribution in [2.75, 3.05) is 14.2 Å². The smallest absolute Gasteiger partial charge is 0.224 e. The fourth-order valence-electron chi connectivity index (χ4n) is 2.63. The number of hydrogen-bond donors (Lipinski definition) is 2. The molecule has 1 saturated carbocycles. The van der Waals surface area contributed by atoms with Gasteiger partial charge in [0.05, 0.1) is 20.1 Å². The van der Waals surface area contributed by atoms with Gasteiger partial charge in [0.25, 0.3) is 0 Å². The Hall–Kier alpha value is -1.75. The number of carbonyl (C=O) groups is 1. The molecule has 2 atom stereocenters. The van der Waals surface area contributed by atoms with Crippen LogP contribution in [0.3, 0.4) is 0 Å². The number of rotatable bonds is 5. The van der Waals surface area contributed by atoms with Crippen LogP contribution in [-0.2, 0) is 11.3 Å². The Morgan fingerprint density at radius 3 is 2.75 bits per heavy atom. The molecule has 1 aromatic carbocycles. The van der Waals surface area contributed by atoms with Crippen molar-refractivity contribution < 1.29 is 14.3 Å². The standard InChI is InChI=1S/C15H22N2O3/c1-19-11-7-6-10(14(8-11)20-2)9-17-15(18)12-4-3-5-13(12)16/h6-8,12-13H,3-5,9,16H2,1-2H3,(H,17,18). The minimum atomic E-state index is -0.0563. The normalized spacial score (nSPS) is 21.6. The molecule has 3 N–H and O–H groups in total. The molecule has 1 fully saturated rings. The van der Waals surface area contributed by atoms with E-state index in [-0.39, 0.29) is 17.9 Å². The minimum Gasteiger partial charge on any atom is -0.497 e. The first-order valence-corrected chi connectivity index (χ1v) is 6.90. The van der Waals surface area contributed by atoms with E-state index >= 15 is 0 Å². The number of ether oxygens (including phenoxy) is 2. The summed E-state index contributed by atoms with van der Waals surface area (Å²) in [5.74, 6) is 1.42. The van der Waals surface area contributed by atoms with Gasteiger partial charge in [0.2, 0.25) is 5.91 Å². The monoisotopic (exact) mass is 278 g/mol. The summed E-state index contributed by atoms with van der Waals surface area (Å²) in [7, 11) is 3.21. The molecular formula is C15H22N2O3. The maximum atomic E-state index is 12.1. The van der Waals surface area contributed by atoms with Crippen LogP contribution in [-0.4, -0.2) is 26.2 Å². The number of carbonyl (C=O) groups excluding carboxylic acids is 1. The molecule has 0 aromatic heterocycles. The summed E-state index contributed by atoms with van der Waals surface area (Å²) < 4.78 is 10.5. The second-order valence-electron chi connectivity index (χ2n) is 5.10. The molecule has 2 unspecified atom stereocenters. The average molecular weight is 278 g/mol. The molecule has 0 spiro atoms. The number of hydrogen-bond acceptors (Lipinski definition) is 4. The fraction of sp³-hybridized carbons (Fsp3) is 0.533. The number of amides is 1. The van der Waals surface area contributed by atoms with E-state index in [1.807, 2.05) is 18.2 Å². The Morgan fingerprint density at radius 1 is 1.35 bits per heavy atom. The Kier molecular flexibility index (Phi) is 4.84.